The van der Waals surface area contributed by atoms with Gasteiger partial charge in [0, 0.05) is 6.54 Å². The highest BCUT2D eigenvalue weighted by atomic mass is 35.5. The fourth-order valence-corrected chi connectivity index (χ4v) is 3.22. The van der Waals surface area contributed by atoms with Crippen molar-refractivity contribution in [3.05, 3.63) is 52.9 Å². The summed E-state index contributed by atoms with van der Waals surface area (Å²) in [5.74, 6) is 0.654. The van der Waals surface area contributed by atoms with Crippen LogP contribution in [0.15, 0.2) is 45.7 Å². The summed E-state index contributed by atoms with van der Waals surface area (Å²) in [4.78, 5) is 12.3. The summed E-state index contributed by atoms with van der Waals surface area (Å²) in [6, 6.07) is 10.2. The second kappa shape index (κ2) is 7.43. The third kappa shape index (κ3) is 4.19. The molecule has 0 fully saturated rings. The van der Waals surface area contributed by atoms with Crippen LogP contribution in [0.1, 0.15) is 29.7 Å². The van der Waals surface area contributed by atoms with Crippen molar-refractivity contribution in [3.8, 4) is 0 Å². The van der Waals surface area contributed by atoms with E-state index in [4.69, 9.17) is 16.0 Å². The molecule has 2 rings (SSSR count). The molecule has 0 radical (unpaired) electrons. The van der Waals surface area contributed by atoms with Gasteiger partial charge in [0.1, 0.15) is 5.76 Å². The Bertz CT molecular complexity index is 654. The fourth-order valence-electron chi connectivity index (χ4n) is 1.74. The Balaban J connectivity index is 2.04. The van der Waals surface area contributed by atoms with Crippen molar-refractivity contribution in [2.45, 2.75) is 24.0 Å². The largest absolute Gasteiger partial charge is 0.455 e. The van der Waals surface area contributed by atoms with Crippen LogP contribution in [0.2, 0.25) is 5.02 Å². The summed E-state index contributed by atoms with van der Waals surface area (Å²) in [7, 11) is -1.31. The molecule has 21 heavy (non-hydrogen) atoms. The molecular weight excluding hydrogens is 310 g/mol. The average molecular weight is 326 g/mol. The summed E-state index contributed by atoms with van der Waals surface area (Å²) < 4.78 is 17.7. The number of halogens is 1. The van der Waals surface area contributed by atoms with Crippen molar-refractivity contribution < 1.29 is 13.4 Å². The standard InChI is InChI=1S/C15H16ClNO3S/c1-2-9-17-15(18)13-8-7-11(20-13)10-21(19)14-6-4-3-5-12(14)16/h3-8H,2,9-10H2,1H3,(H,17,18)/t21-/m1/s1. The zero-order valence-corrected chi connectivity index (χ0v) is 13.2. The summed E-state index contributed by atoms with van der Waals surface area (Å²) in [5.41, 5.74) is 0. The van der Waals surface area contributed by atoms with Gasteiger partial charge in [-0.05, 0) is 30.7 Å². The molecule has 0 saturated carbocycles. The molecule has 0 bridgehead atoms. The molecule has 0 unspecified atom stereocenters. The van der Waals surface area contributed by atoms with E-state index in [9.17, 15) is 9.00 Å². The Kier molecular flexibility index (Phi) is 5.59. The lowest BCUT2D eigenvalue weighted by molar-refractivity contribution is 0.0924. The van der Waals surface area contributed by atoms with E-state index in [0.717, 1.165) is 6.42 Å². The van der Waals surface area contributed by atoms with Gasteiger partial charge in [-0.25, -0.2) is 0 Å². The van der Waals surface area contributed by atoms with Crippen molar-refractivity contribution in [2.24, 2.45) is 0 Å². The lowest BCUT2D eigenvalue weighted by Crippen LogP contribution is -2.23. The van der Waals surface area contributed by atoms with Crippen LogP contribution >= 0.6 is 11.6 Å². The van der Waals surface area contributed by atoms with Crippen LogP contribution in [0.3, 0.4) is 0 Å². The van der Waals surface area contributed by atoms with Gasteiger partial charge in [0.2, 0.25) is 0 Å². The van der Waals surface area contributed by atoms with Gasteiger partial charge < -0.3 is 9.73 Å². The molecular formula is C15H16ClNO3S. The first kappa shape index (κ1) is 15.8. The fraction of sp³-hybridized carbons (Fsp3) is 0.267. The van der Waals surface area contributed by atoms with E-state index in [0.29, 0.717) is 22.2 Å². The van der Waals surface area contributed by atoms with Crippen LogP contribution in [-0.4, -0.2) is 16.7 Å². The molecule has 6 heteroatoms. The molecule has 0 aliphatic rings. The number of carbonyl (C=O) groups excluding carboxylic acids is 1. The van der Waals surface area contributed by atoms with E-state index in [1.165, 1.54) is 0 Å². The van der Waals surface area contributed by atoms with Crippen LogP contribution in [0.5, 0.6) is 0 Å². The van der Waals surface area contributed by atoms with Gasteiger partial charge in [-0.3, -0.25) is 9.00 Å². The van der Waals surface area contributed by atoms with Crippen LogP contribution in [0, 0.1) is 0 Å². The van der Waals surface area contributed by atoms with Crippen molar-refractivity contribution >= 4 is 28.3 Å². The van der Waals surface area contributed by atoms with Crippen molar-refractivity contribution in [1.82, 2.24) is 5.32 Å². The second-order valence-electron chi connectivity index (χ2n) is 4.44. The van der Waals surface area contributed by atoms with Gasteiger partial charge >= 0.3 is 0 Å². The maximum absolute atomic E-state index is 12.3. The number of furan rings is 1. The molecule has 1 aromatic heterocycles. The van der Waals surface area contributed by atoms with Crippen LogP contribution < -0.4 is 5.32 Å². The Labute approximate surface area is 130 Å². The molecule has 1 amide bonds. The SMILES string of the molecule is CCCNC(=O)c1ccc(C[S@@](=O)c2ccccc2Cl)o1. The first-order valence-corrected chi connectivity index (χ1v) is 8.31. The topological polar surface area (TPSA) is 59.3 Å². The molecule has 1 N–H and O–H groups in total. The maximum Gasteiger partial charge on any atom is 0.286 e. The van der Waals surface area contributed by atoms with Gasteiger partial charge in [-0.2, -0.15) is 0 Å². The third-order valence-electron chi connectivity index (χ3n) is 2.78. The first-order valence-electron chi connectivity index (χ1n) is 6.61. The van der Waals surface area contributed by atoms with Crippen LogP contribution in [0.4, 0.5) is 0 Å². The van der Waals surface area contributed by atoms with Gasteiger partial charge in [-0.1, -0.05) is 30.7 Å². The Morgan fingerprint density at radius 2 is 2.05 bits per heavy atom. The average Bonchev–Trinajstić information content (AvgIpc) is 2.93. The lowest BCUT2D eigenvalue weighted by atomic mass is 10.4. The van der Waals surface area contributed by atoms with Crippen molar-refractivity contribution in [1.29, 1.82) is 0 Å². The monoisotopic (exact) mass is 325 g/mol. The van der Waals surface area contributed by atoms with Gasteiger partial charge in [-0.15, -0.1) is 0 Å². The number of rotatable bonds is 6. The van der Waals surface area contributed by atoms with E-state index in [1.54, 1.807) is 36.4 Å². The molecule has 2 aromatic rings. The van der Waals surface area contributed by atoms with Crippen LogP contribution in [0.25, 0.3) is 0 Å². The number of carbonyl (C=O) groups is 1. The lowest BCUT2D eigenvalue weighted by Gasteiger charge is -2.03. The molecule has 4 nitrogen and oxygen atoms in total. The van der Waals surface area contributed by atoms with E-state index < -0.39 is 10.8 Å². The molecule has 1 aromatic carbocycles. The predicted molar refractivity (Wildman–Crippen MR) is 82.9 cm³/mol. The highest BCUT2D eigenvalue weighted by Gasteiger charge is 2.14. The Morgan fingerprint density at radius 1 is 1.29 bits per heavy atom. The van der Waals surface area contributed by atoms with Crippen LogP contribution in [-0.2, 0) is 16.6 Å². The normalized spacial score (nSPS) is 12.1. The zero-order valence-electron chi connectivity index (χ0n) is 11.6. The van der Waals surface area contributed by atoms with Gasteiger partial charge in [0.25, 0.3) is 5.91 Å². The summed E-state index contributed by atoms with van der Waals surface area (Å²) >= 11 is 6.01. The van der Waals surface area contributed by atoms with Crippen molar-refractivity contribution in [3.63, 3.8) is 0 Å². The molecule has 0 aliphatic carbocycles. The highest BCUT2D eigenvalue weighted by molar-refractivity contribution is 7.84. The number of nitrogens with one attached hydrogen (secondary N) is 1. The zero-order chi connectivity index (χ0) is 15.2. The molecule has 1 atom stereocenters. The number of amides is 1. The smallest absolute Gasteiger partial charge is 0.286 e. The molecule has 0 saturated heterocycles. The van der Waals surface area contributed by atoms with E-state index in [1.807, 2.05) is 6.92 Å². The van der Waals surface area contributed by atoms with E-state index in [2.05, 4.69) is 5.32 Å². The number of benzene rings is 1. The maximum atomic E-state index is 12.3. The summed E-state index contributed by atoms with van der Waals surface area (Å²) in [6.07, 6.45) is 0.857. The molecule has 112 valence electrons. The van der Waals surface area contributed by atoms with Gasteiger partial charge in [0.05, 0.1) is 26.5 Å². The Hall–Kier alpha value is -1.59. The first-order chi connectivity index (χ1) is 10.1. The molecule has 1 heterocycles. The number of hydrogen-bond acceptors (Lipinski definition) is 3. The quantitative estimate of drug-likeness (QED) is 0.885. The summed E-state index contributed by atoms with van der Waals surface area (Å²) in [5, 5.41) is 3.19. The van der Waals surface area contributed by atoms with Crippen molar-refractivity contribution in [2.75, 3.05) is 6.54 Å². The molecule has 0 spiro atoms. The Morgan fingerprint density at radius 3 is 2.76 bits per heavy atom. The number of hydrogen-bond donors (Lipinski definition) is 1. The minimum Gasteiger partial charge on any atom is -0.455 e. The third-order valence-corrected chi connectivity index (χ3v) is 4.61. The predicted octanol–water partition coefficient (Wildman–Crippen LogP) is 3.38. The van der Waals surface area contributed by atoms with E-state index in [-0.39, 0.29) is 17.4 Å². The van der Waals surface area contributed by atoms with Gasteiger partial charge in [0.15, 0.2) is 5.76 Å². The minimum atomic E-state index is -1.31. The highest BCUT2D eigenvalue weighted by Crippen LogP contribution is 2.22. The minimum absolute atomic E-state index is 0.185. The second-order valence-corrected chi connectivity index (χ2v) is 6.27. The van der Waals surface area contributed by atoms with E-state index >= 15 is 0 Å². The summed E-state index contributed by atoms with van der Waals surface area (Å²) in [6.45, 7) is 2.57. The molecule has 0 aliphatic heterocycles.